The Bertz CT molecular complexity index is 1200. The van der Waals surface area contributed by atoms with Crippen molar-refractivity contribution in [3.63, 3.8) is 0 Å². The summed E-state index contributed by atoms with van der Waals surface area (Å²) in [6.07, 6.45) is 0. The minimum atomic E-state index is -0.563. The highest BCUT2D eigenvalue weighted by Gasteiger charge is 2.38. The molecule has 0 aromatic heterocycles. The number of benzene rings is 3. The van der Waals surface area contributed by atoms with Gasteiger partial charge in [0.05, 0.1) is 32.4 Å². The topological polar surface area (TPSA) is 63.7 Å². The quantitative estimate of drug-likeness (QED) is 0.303. The van der Waals surface area contributed by atoms with Crippen LogP contribution < -0.4 is 4.90 Å². The maximum Gasteiger partial charge on any atom is 0.338 e. The number of hydrogen-bond acceptors (Lipinski definition) is 4. The van der Waals surface area contributed by atoms with Crippen LogP contribution in [-0.4, -0.2) is 17.8 Å². The lowest BCUT2D eigenvalue weighted by atomic mass is 10.1. The summed E-state index contributed by atoms with van der Waals surface area (Å²) >= 11 is 15.4. The summed E-state index contributed by atoms with van der Waals surface area (Å²) in [5, 5.41) is 0.371. The van der Waals surface area contributed by atoms with E-state index >= 15 is 0 Å². The van der Waals surface area contributed by atoms with E-state index in [-0.39, 0.29) is 33.3 Å². The monoisotopic (exact) mass is 517 g/mol. The van der Waals surface area contributed by atoms with E-state index in [9.17, 15) is 14.4 Å². The van der Waals surface area contributed by atoms with Gasteiger partial charge < -0.3 is 4.74 Å². The summed E-state index contributed by atoms with van der Waals surface area (Å²) in [7, 11) is 0. The lowest BCUT2D eigenvalue weighted by molar-refractivity contribution is 0.0472. The zero-order valence-electron chi connectivity index (χ0n) is 16.1. The number of nitrogens with zero attached hydrogens (tertiary/aromatic N) is 1. The SMILES string of the molecule is Cc1ccc(C(=O)OCc2ccc(Br)cc2)cc1N1C(=O)c2cc(Cl)c(Cl)cc2C1=O. The van der Waals surface area contributed by atoms with Crippen molar-refractivity contribution in [1.82, 2.24) is 0 Å². The fourth-order valence-electron chi connectivity index (χ4n) is 3.24. The molecule has 1 heterocycles. The lowest BCUT2D eigenvalue weighted by Gasteiger charge is -2.17. The number of rotatable bonds is 4. The standard InChI is InChI=1S/C23H14BrCl2NO4/c1-12-2-5-14(23(30)31-11-13-3-6-15(24)7-4-13)8-20(12)27-21(28)16-9-18(25)19(26)10-17(16)22(27)29/h2-10H,11H2,1H3. The molecule has 2 amide bonds. The molecule has 31 heavy (non-hydrogen) atoms. The number of hydrogen-bond donors (Lipinski definition) is 0. The van der Waals surface area contributed by atoms with Crippen LogP contribution in [-0.2, 0) is 11.3 Å². The number of ether oxygens (including phenoxy) is 1. The van der Waals surface area contributed by atoms with Crippen LogP contribution in [0.5, 0.6) is 0 Å². The number of halogens is 3. The Morgan fingerprint density at radius 1 is 0.935 bits per heavy atom. The van der Waals surface area contributed by atoms with Gasteiger partial charge in [-0.15, -0.1) is 0 Å². The Hall–Kier alpha value is -2.67. The van der Waals surface area contributed by atoms with Gasteiger partial charge >= 0.3 is 5.97 Å². The van der Waals surface area contributed by atoms with Crippen LogP contribution in [0.3, 0.4) is 0 Å². The molecule has 0 atom stereocenters. The summed E-state index contributed by atoms with van der Waals surface area (Å²) < 4.78 is 6.31. The molecule has 0 bridgehead atoms. The Labute approximate surface area is 196 Å². The Morgan fingerprint density at radius 3 is 2.10 bits per heavy atom. The third kappa shape index (κ3) is 4.11. The van der Waals surface area contributed by atoms with Crippen LogP contribution >= 0.6 is 39.1 Å². The fourth-order valence-corrected chi connectivity index (χ4v) is 3.83. The van der Waals surface area contributed by atoms with E-state index in [1.165, 1.54) is 18.2 Å². The van der Waals surface area contributed by atoms with Crippen molar-refractivity contribution in [3.8, 4) is 0 Å². The zero-order valence-corrected chi connectivity index (χ0v) is 19.2. The smallest absolute Gasteiger partial charge is 0.338 e. The molecular weight excluding hydrogens is 505 g/mol. The highest BCUT2D eigenvalue weighted by atomic mass is 79.9. The van der Waals surface area contributed by atoms with Crippen molar-refractivity contribution in [2.24, 2.45) is 0 Å². The molecule has 3 aromatic carbocycles. The molecule has 0 aliphatic carbocycles. The zero-order chi connectivity index (χ0) is 22.3. The van der Waals surface area contributed by atoms with E-state index < -0.39 is 17.8 Å². The number of anilines is 1. The van der Waals surface area contributed by atoms with Crippen molar-refractivity contribution in [2.45, 2.75) is 13.5 Å². The van der Waals surface area contributed by atoms with Crippen LogP contribution in [0.2, 0.25) is 10.0 Å². The molecule has 8 heteroatoms. The molecule has 0 saturated heterocycles. The van der Waals surface area contributed by atoms with Gasteiger partial charge in [0, 0.05) is 4.47 Å². The Morgan fingerprint density at radius 2 is 1.52 bits per heavy atom. The van der Waals surface area contributed by atoms with Gasteiger partial charge in [-0.3, -0.25) is 9.59 Å². The number of carbonyl (C=O) groups is 3. The maximum atomic E-state index is 12.9. The molecule has 0 radical (unpaired) electrons. The molecule has 1 aliphatic rings. The van der Waals surface area contributed by atoms with Crippen molar-refractivity contribution >= 4 is 62.6 Å². The van der Waals surface area contributed by atoms with Crippen molar-refractivity contribution in [2.75, 3.05) is 4.90 Å². The number of imide groups is 1. The van der Waals surface area contributed by atoms with E-state index in [1.54, 1.807) is 19.1 Å². The predicted molar refractivity (Wildman–Crippen MR) is 122 cm³/mol. The normalized spacial score (nSPS) is 12.8. The first-order valence-electron chi connectivity index (χ1n) is 9.16. The second-order valence-electron chi connectivity index (χ2n) is 6.96. The minimum Gasteiger partial charge on any atom is -0.457 e. The molecule has 0 N–H and O–H groups in total. The van der Waals surface area contributed by atoms with Crippen molar-refractivity contribution < 1.29 is 19.1 Å². The number of fused-ring (bicyclic) bond motifs is 1. The largest absolute Gasteiger partial charge is 0.457 e. The average molecular weight is 519 g/mol. The molecule has 0 fully saturated rings. The first-order chi connectivity index (χ1) is 14.8. The van der Waals surface area contributed by atoms with Crippen molar-refractivity contribution in [1.29, 1.82) is 0 Å². The van der Waals surface area contributed by atoms with Gasteiger partial charge in [0.15, 0.2) is 0 Å². The number of amides is 2. The molecule has 0 spiro atoms. The van der Waals surface area contributed by atoms with E-state index in [4.69, 9.17) is 27.9 Å². The van der Waals surface area contributed by atoms with Crippen molar-refractivity contribution in [3.05, 3.63) is 96.9 Å². The Kier molecular flexibility index (Phi) is 5.88. The molecule has 1 aliphatic heterocycles. The van der Waals surface area contributed by atoms with E-state index in [0.29, 0.717) is 11.3 Å². The molecule has 4 rings (SSSR count). The number of esters is 1. The van der Waals surface area contributed by atoms with Crippen LogP contribution in [0.25, 0.3) is 0 Å². The fraction of sp³-hybridized carbons (Fsp3) is 0.0870. The molecule has 156 valence electrons. The third-order valence-electron chi connectivity index (χ3n) is 4.90. The van der Waals surface area contributed by atoms with Gasteiger partial charge in [0.1, 0.15) is 6.61 Å². The van der Waals surface area contributed by atoms with E-state index in [0.717, 1.165) is 14.9 Å². The van der Waals surface area contributed by atoms with Gasteiger partial charge in [0.2, 0.25) is 0 Å². The van der Waals surface area contributed by atoms with Gasteiger partial charge in [-0.2, -0.15) is 0 Å². The summed E-state index contributed by atoms with van der Waals surface area (Å²) in [5.74, 6) is -1.61. The highest BCUT2D eigenvalue weighted by Crippen LogP contribution is 2.35. The first-order valence-corrected chi connectivity index (χ1v) is 10.7. The summed E-state index contributed by atoms with van der Waals surface area (Å²) in [4.78, 5) is 39.5. The summed E-state index contributed by atoms with van der Waals surface area (Å²) in [5.41, 5.74) is 2.35. The van der Waals surface area contributed by atoms with Crippen LogP contribution in [0.1, 0.15) is 42.2 Å². The van der Waals surface area contributed by atoms with Gasteiger partial charge in [-0.25, -0.2) is 9.69 Å². The minimum absolute atomic E-state index is 0.0966. The molecule has 3 aromatic rings. The third-order valence-corrected chi connectivity index (χ3v) is 6.15. The van der Waals surface area contributed by atoms with Gasteiger partial charge in [-0.1, -0.05) is 57.3 Å². The number of aryl methyl sites for hydroxylation is 1. The summed E-state index contributed by atoms with van der Waals surface area (Å²) in [6.45, 7) is 1.84. The molecule has 0 unspecified atom stereocenters. The maximum absolute atomic E-state index is 12.9. The highest BCUT2D eigenvalue weighted by molar-refractivity contribution is 9.10. The summed E-state index contributed by atoms with van der Waals surface area (Å²) in [6, 6.07) is 14.9. The molecule has 0 saturated carbocycles. The first kappa shape index (κ1) is 21.6. The van der Waals surface area contributed by atoms with Crippen LogP contribution in [0.15, 0.2) is 59.1 Å². The Balaban J connectivity index is 1.61. The second kappa shape index (κ2) is 8.46. The van der Waals surface area contributed by atoms with E-state index in [2.05, 4.69) is 15.9 Å². The van der Waals surface area contributed by atoms with Gasteiger partial charge in [0.25, 0.3) is 11.8 Å². The van der Waals surface area contributed by atoms with Crippen LogP contribution in [0, 0.1) is 6.92 Å². The van der Waals surface area contributed by atoms with Gasteiger partial charge in [-0.05, 0) is 54.4 Å². The number of carbonyl (C=O) groups excluding carboxylic acids is 3. The average Bonchev–Trinajstić information content (AvgIpc) is 2.98. The van der Waals surface area contributed by atoms with E-state index in [1.807, 2.05) is 24.3 Å². The lowest BCUT2D eigenvalue weighted by Crippen LogP contribution is -2.30. The molecular formula is C23H14BrCl2NO4. The second-order valence-corrected chi connectivity index (χ2v) is 8.69. The predicted octanol–water partition coefficient (Wildman–Crippen LogP) is 6.22. The van der Waals surface area contributed by atoms with Crippen LogP contribution in [0.4, 0.5) is 5.69 Å². The molecule has 5 nitrogen and oxygen atoms in total.